The second-order valence-corrected chi connectivity index (χ2v) is 6.26. The van der Waals surface area contributed by atoms with Crippen LogP contribution in [0.2, 0.25) is 0 Å². The summed E-state index contributed by atoms with van der Waals surface area (Å²) in [6, 6.07) is 1.54. The lowest BCUT2D eigenvalue weighted by atomic mass is 9.89. The first-order chi connectivity index (χ1) is 8.73. The van der Waals surface area contributed by atoms with Crippen LogP contribution in [0.5, 0.6) is 0 Å². The SMILES string of the molecule is O=S(=O)(N1CC(CCF)(n2cccn2)C1)C(F)(F)F. The van der Waals surface area contributed by atoms with E-state index in [9.17, 15) is 26.0 Å². The van der Waals surface area contributed by atoms with Crippen molar-refractivity contribution in [1.29, 1.82) is 0 Å². The van der Waals surface area contributed by atoms with Gasteiger partial charge in [-0.25, -0.2) is 8.42 Å². The van der Waals surface area contributed by atoms with Crippen molar-refractivity contribution in [2.45, 2.75) is 17.5 Å². The highest BCUT2D eigenvalue weighted by atomic mass is 32.2. The van der Waals surface area contributed by atoms with Gasteiger partial charge in [0.2, 0.25) is 0 Å². The molecule has 0 N–H and O–H groups in total. The number of rotatable bonds is 4. The van der Waals surface area contributed by atoms with Crippen LogP contribution < -0.4 is 0 Å². The van der Waals surface area contributed by atoms with Crippen LogP contribution in [0.25, 0.3) is 0 Å². The number of halogens is 4. The minimum absolute atomic E-state index is 0.0848. The Kier molecular flexibility index (Phi) is 3.33. The van der Waals surface area contributed by atoms with Crippen LogP contribution in [-0.4, -0.2) is 47.8 Å². The van der Waals surface area contributed by atoms with E-state index >= 15 is 0 Å². The zero-order chi connectivity index (χ0) is 14.3. The minimum atomic E-state index is -5.35. The molecule has 1 aromatic heterocycles. The molecule has 1 aliphatic heterocycles. The van der Waals surface area contributed by atoms with Crippen molar-refractivity contribution < 1.29 is 26.0 Å². The Balaban J connectivity index is 2.20. The Bertz CT molecular complexity index is 534. The molecular formula is C9H11F4N3O2S. The van der Waals surface area contributed by atoms with Gasteiger partial charge in [0.15, 0.2) is 0 Å². The van der Waals surface area contributed by atoms with Gasteiger partial charge in [-0.15, -0.1) is 0 Å². The van der Waals surface area contributed by atoms with Gasteiger partial charge >= 0.3 is 15.5 Å². The van der Waals surface area contributed by atoms with Gasteiger partial charge in [0.05, 0.1) is 12.2 Å². The van der Waals surface area contributed by atoms with E-state index in [1.165, 1.54) is 17.1 Å². The maximum atomic E-state index is 12.5. The highest BCUT2D eigenvalue weighted by Gasteiger charge is 2.58. The minimum Gasteiger partial charge on any atom is -0.264 e. The van der Waals surface area contributed by atoms with Gasteiger partial charge in [-0.2, -0.15) is 22.6 Å². The molecule has 0 bridgehead atoms. The molecule has 0 spiro atoms. The second-order valence-electron chi connectivity index (χ2n) is 4.33. The van der Waals surface area contributed by atoms with E-state index in [4.69, 9.17) is 0 Å². The topological polar surface area (TPSA) is 55.2 Å². The smallest absolute Gasteiger partial charge is 0.264 e. The average molecular weight is 301 g/mol. The molecule has 0 aromatic carbocycles. The molecular weight excluding hydrogens is 290 g/mol. The highest BCUT2D eigenvalue weighted by Crippen LogP contribution is 2.38. The fourth-order valence-electron chi connectivity index (χ4n) is 2.07. The number of nitrogens with zero attached hydrogens (tertiary/aromatic N) is 3. The molecule has 0 aliphatic carbocycles. The summed E-state index contributed by atoms with van der Waals surface area (Å²) in [5, 5.41) is 3.85. The standard InChI is InChI=1S/C9H11F4N3O2S/c10-3-2-8(16-5-1-4-14-16)6-15(7-8)19(17,18)9(11,12)13/h1,4-5H,2-3,6-7H2. The van der Waals surface area contributed by atoms with Crippen molar-refractivity contribution in [3.05, 3.63) is 18.5 Å². The van der Waals surface area contributed by atoms with Gasteiger partial charge < -0.3 is 0 Å². The Morgan fingerprint density at radius 3 is 2.37 bits per heavy atom. The van der Waals surface area contributed by atoms with Gasteiger partial charge in [0.1, 0.15) is 0 Å². The maximum Gasteiger partial charge on any atom is 0.511 e. The van der Waals surface area contributed by atoms with E-state index in [1.807, 2.05) is 0 Å². The van der Waals surface area contributed by atoms with Gasteiger partial charge in [-0.1, -0.05) is 0 Å². The number of hydrogen-bond donors (Lipinski definition) is 0. The summed E-state index contributed by atoms with van der Waals surface area (Å²) in [5.41, 5.74) is -6.37. The summed E-state index contributed by atoms with van der Waals surface area (Å²) < 4.78 is 73.6. The number of hydrogen-bond acceptors (Lipinski definition) is 3. The molecule has 10 heteroatoms. The summed E-state index contributed by atoms with van der Waals surface area (Å²) in [4.78, 5) is 0. The van der Waals surface area contributed by atoms with Crippen LogP contribution in [0.4, 0.5) is 17.6 Å². The summed E-state index contributed by atoms with van der Waals surface area (Å²) in [7, 11) is -5.35. The lowest BCUT2D eigenvalue weighted by molar-refractivity contribution is -0.0576. The van der Waals surface area contributed by atoms with E-state index in [1.54, 1.807) is 6.07 Å². The van der Waals surface area contributed by atoms with Crippen molar-refractivity contribution in [3.63, 3.8) is 0 Å². The largest absolute Gasteiger partial charge is 0.511 e. The third-order valence-corrected chi connectivity index (χ3v) is 4.65. The van der Waals surface area contributed by atoms with Crippen LogP contribution in [0, 0.1) is 0 Å². The highest BCUT2D eigenvalue weighted by molar-refractivity contribution is 7.90. The molecule has 1 aliphatic rings. The van der Waals surface area contributed by atoms with Gasteiger partial charge in [-0.05, 0) is 6.07 Å². The molecule has 0 atom stereocenters. The van der Waals surface area contributed by atoms with Crippen molar-refractivity contribution in [1.82, 2.24) is 14.1 Å². The molecule has 0 unspecified atom stereocenters. The van der Waals surface area contributed by atoms with Crippen molar-refractivity contribution >= 4 is 10.0 Å². The Morgan fingerprint density at radius 1 is 1.32 bits per heavy atom. The fraction of sp³-hybridized carbons (Fsp3) is 0.667. The van der Waals surface area contributed by atoms with Gasteiger partial charge in [0, 0.05) is 31.9 Å². The normalized spacial score (nSPS) is 20.2. The molecule has 108 valence electrons. The molecule has 5 nitrogen and oxygen atoms in total. The third-order valence-electron chi connectivity index (χ3n) is 3.12. The lowest BCUT2D eigenvalue weighted by Gasteiger charge is -2.48. The fourth-order valence-corrected chi connectivity index (χ4v) is 3.18. The molecule has 0 saturated carbocycles. The van der Waals surface area contributed by atoms with E-state index in [0.29, 0.717) is 4.31 Å². The van der Waals surface area contributed by atoms with E-state index < -0.39 is 40.8 Å². The summed E-state index contributed by atoms with van der Waals surface area (Å²) >= 11 is 0. The zero-order valence-electron chi connectivity index (χ0n) is 9.64. The van der Waals surface area contributed by atoms with Crippen LogP contribution >= 0.6 is 0 Å². The van der Waals surface area contributed by atoms with Crippen LogP contribution in [0.1, 0.15) is 6.42 Å². The number of alkyl halides is 4. The molecule has 1 aromatic rings. The van der Waals surface area contributed by atoms with E-state index in [-0.39, 0.29) is 6.42 Å². The van der Waals surface area contributed by atoms with Crippen LogP contribution in [0.3, 0.4) is 0 Å². The van der Waals surface area contributed by atoms with Crippen LogP contribution in [-0.2, 0) is 15.6 Å². The quantitative estimate of drug-likeness (QED) is 0.783. The first-order valence-electron chi connectivity index (χ1n) is 5.35. The Labute approximate surface area is 106 Å². The average Bonchev–Trinajstić information content (AvgIpc) is 2.74. The monoisotopic (exact) mass is 301 g/mol. The predicted molar refractivity (Wildman–Crippen MR) is 57.3 cm³/mol. The van der Waals surface area contributed by atoms with E-state index in [0.717, 1.165) is 0 Å². The summed E-state index contributed by atoms with van der Waals surface area (Å²) in [6.07, 6.45) is 2.80. The second kappa shape index (κ2) is 4.44. The van der Waals surface area contributed by atoms with Crippen molar-refractivity contribution in [2.75, 3.05) is 19.8 Å². The molecule has 19 heavy (non-hydrogen) atoms. The molecule has 0 radical (unpaired) electrons. The summed E-state index contributed by atoms with van der Waals surface area (Å²) in [6.45, 7) is -1.62. The predicted octanol–water partition coefficient (Wildman–Crippen LogP) is 1.10. The van der Waals surface area contributed by atoms with E-state index in [2.05, 4.69) is 5.10 Å². The molecule has 0 amide bonds. The number of aromatic nitrogens is 2. The lowest BCUT2D eigenvalue weighted by Crippen LogP contribution is -2.66. The Hall–Kier alpha value is -1.16. The summed E-state index contributed by atoms with van der Waals surface area (Å²) in [5.74, 6) is 0. The first kappa shape index (κ1) is 14.3. The maximum absolute atomic E-state index is 12.5. The Morgan fingerprint density at radius 2 is 1.95 bits per heavy atom. The first-order valence-corrected chi connectivity index (χ1v) is 6.79. The van der Waals surface area contributed by atoms with Crippen molar-refractivity contribution in [3.8, 4) is 0 Å². The zero-order valence-corrected chi connectivity index (χ0v) is 10.5. The van der Waals surface area contributed by atoms with Gasteiger partial charge in [-0.3, -0.25) is 9.07 Å². The molecule has 2 heterocycles. The number of sulfonamides is 1. The molecule has 1 fully saturated rings. The molecule has 2 rings (SSSR count). The molecule has 1 saturated heterocycles. The van der Waals surface area contributed by atoms with Crippen LogP contribution in [0.15, 0.2) is 18.5 Å². The van der Waals surface area contributed by atoms with Gasteiger partial charge in [0.25, 0.3) is 0 Å². The van der Waals surface area contributed by atoms with Crippen molar-refractivity contribution in [2.24, 2.45) is 0 Å². The third kappa shape index (κ3) is 2.22.